The fraction of sp³-hybridized carbons (Fsp3) is 0.200. The second kappa shape index (κ2) is 8.82. The first-order valence-electron chi connectivity index (χ1n) is 10.2. The maximum Gasteiger partial charge on any atom is 0.322 e. The number of benzene rings is 3. The fourth-order valence-corrected chi connectivity index (χ4v) is 3.44. The topological polar surface area (TPSA) is 61.0 Å². The van der Waals surface area contributed by atoms with Crippen LogP contribution in [0.2, 0.25) is 0 Å². The largest absolute Gasteiger partial charge is 0.342 e. The van der Waals surface area contributed by atoms with Gasteiger partial charge in [0.05, 0.1) is 11.0 Å². The zero-order valence-electron chi connectivity index (χ0n) is 17.4. The molecule has 0 saturated heterocycles. The fourth-order valence-electron chi connectivity index (χ4n) is 3.44. The highest BCUT2D eigenvalue weighted by Gasteiger charge is 2.16. The summed E-state index contributed by atoms with van der Waals surface area (Å²) in [6.45, 7) is 5.16. The average Bonchev–Trinajstić information content (AvgIpc) is 3.17. The number of aromatic nitrogens is 2. The molecule has 0 fully saturated rings. The Morgan fingerprint density at radius 2 is 1.70 bits per heavy atom. The highest BCUT2D eigenvalue weighted by molar-refractivity contribution is 5.90. The molecule has 0 aliphatic carbocycles. The van der Waals surface area contributed by atoms with Gasteiger partial charge in [-0.3, -0.25) is 0 Å². The van der Waals surface area contributed by atoms with Crippen molar-refractivity contribution in [1.29, 1.82) is 0 Å². The minimum atomic E-state index is -0.110. The standard InChI is InChI=1S/C25H26N4O/c1-18-11-13-20(14-12-18)17-29(25(30)28-21-8-4-3-7-19(21)2)16-15-24-26-22-9-5-6-10-23(22)27-24/h3-14H,15-17H2,1-2H3,(H,26,27)(H,28,30). The van der Waals surface area contributed by atoms with E-state index in [1.807, 2.05) is 60.4 Å². The van der Waals surface area contributed by atoms with Crippen LogP contribution in [-0.2, 0) is 13.0 Å². The van der Waals surface area contributed by atoms with E-state index in [0.29, 0.717) is 19.5 Å². The lowest BCUT2D eigenvalue weighted by molar-refractivity contribution is 0.209. The Morgan fingerprint density at radius 3 is 2.47 bits per heavy atom. The van der Waals surface area contributed by atoms with Crippen molar-refractivity contribution in [2.45, 2.75) is 26.8 Å². The van der Waals surface area contributed by atoms with Crippen LogP contribution in [-0.4, -0.2) is 27.4 Å². The normalized spacial score (nSPS) is 10.9. The number of aryl methyl sites for hydroxylation is 2. The van der Waals surface area contributed by atoms with Crippen LogP contribution in [0.25, 0.3) is 11.0 Å². The number of carbonyl (C=O) groups is 1. The number of H-pyrrole nitrogens is 1. The Hall–Kier alpha value is -3.60. The number of nitrogens with zero attached hydrogens (tertiary/aromatic N) is 2. The highest BCUT2D eigenvalue weighted by Crippen LogP contribution is 2.16. The second-order valence-corrected chi connectivity index (χ2v) is 7.60. The zero-order chi connectivity index (χ0) is 20.9. The van der Waals surface area contributed by atoms with E-state index < -0.39 is 0 Å². The van der Waals surface area contributed by atoms with Crippen LogP contribution in [0.15, 0.2) is 72.8 Å². The first kappa shape index (κ1) is 19.7. The van der Waals surface area contributed by atoms with E-state index in [0.717, 1.165) is 33.7 Å². The van der Waals surface area contributed by atoms with Crippen LogP contribution in [0.3, 0.4) is 0 Å². The molecule has 152 valence electrons. The summed E-state index contributed by atoms with van der Waals surface area (Å²) in [6.07, 6.45) is 0.654. The smallest absolute Gasteiger partial charge is 0.322 e. The van der Waals surface area contributed by atoms with E-state index in [9.17, 15) is 4.79 Å². The number of amides is 2. The molecule has 4 rings (SSSR count). The summed E-state index contributed by atoms with van der Waals surface area (Å²) in [5, 5.41) is 3.06. The van der Waals surface area contributed by atoms with Gasteiger partial charge >= 0.3 is 6.03 Å². The van der Waals surface area contributed by atoms with Crippen molar-refractivity contribution in [3.05, 3.63) is 95.3 Å². The van der Waals surface area contributed by atoms with Gasteiger partial charge in [-0.15, -0.1) is 0 Å². The molecule has 0 spiro atoms. The number of carbonyl (C=O) groups excluding carboxylic acids is 1. The Labute approximate surface area is 176 Å². The summed E-state index contributed by atoms with van der Waals surface area (Å²) in [5.74, 6) is 0.883. The van der Waals surface area contributed by atoms with E-state index in [1.165, 1.54) is 5.56 Å². The molecule has 0 saturated carbocycles. The number of hydrogen-bond acceptors (Lipinski definition) is 2. The average molecular weight is 399 g/mol. The molecular weight excluding hydrogens is 372 g/mol. The first-order chi connectivity index (χ1) is 14.6. The highest BCUT2D eigenvalue weighted by atomic mass is 16.2. The van der Waals surface area contributed by atoms with Gasteiger partial charge in [0.25, 0.3) is 0 Å². The van der Waals surface area contributed by atoms with Crippen LogP contribution >= 0.6 is 0 Å². The Balaban J connectivity index is 1.51. The van der Waals surface area contributed by atoms with E-state index in [1.54, 1.807) is 0 Å². The molecular formula is C25H26N4O. The van der Waals surface area contributed by atoms with Crippen molar-refractivity contribution in [1.82, 2.24) is 14.9 Å². The molecule has 30 heavy (non-hydrogen) atoms. The molecule has 0 unspecified atom stereocenters. The molecule has 3 aromatic carbocycles. The quantitative estimate of drug-likeness (QED) is 0.453. The number of para-hydroxylation sites is 3. The van der Waals surface area contributed by atoms with Crippen LogP contribution in [0, 0.1) is 13.8 Å². The van der Waals surface area contributed by atoms with Crippen molar-refractivity contribution < 1.29 is 4.79 Å². The zero-order valence-corrected chi connectivity index (χ0v) is 17.4. The van der Waals surface area contributed by atoms with Gasteiger partial charge in [-0.25, -0.2) is 9.78 Å². The second-order valence-electron chi connectivity index (χ2n) is 7.60. The Bertz CT molecular complexity index is 1110. The summed E-state index contributed by atoms with van der Waals surface area (Å²) in [6, 6.07) is 24.0. The predicted octanol–water partition coefficient (Wildman–Crippen LogP) is 5.46. The van der Waals surface area contributed by atoms with Gasteiger partial charge in [-0.1, -0.05) is 60.2 Å². The van der Waals surface area contributed by atoms with Gasteiger partial charge in [0.15, 0.2) is 0 Å². The van der Waals surface area contributed by atoms with E-state index in [2.05, 4.69) is 46.5 Å². The number of rotatable bonds is 6. The predicted molar refractivity (Wildman–Crippen MR) is 122 cm³/mol. The minimum Gasteiger partial charge on any atom is -0.342 e. The van der Waals surface area contributed by atoms with Crippen molar-refractivity contribution in [2.24, 2.45) is 0 Å². The molecule has 0 radical (unpaired) electrons. The van der Waals surface area contributed by atoms with Crippen molar-refractivity contribution in [3.63, 3.8) is 0 Å². The molecule has 0 aliphatic heterocycles. The van der Waals surface area contributed by atoms with E-state index in [-0.39, 0.29) is 6.03 Å². The maximum absolute atomic E-state index is 13.1. The molecule has 4 aromatic rings. The summed E-state index contributed by atoms with van der Waals surface area (Å²) >= 11 is 0. The number of fused-ring (bicyclic) bond motifs is 1. The third-order valence-electron chi connectivity index (χ3n) is 5.22. The van der Waals surface area contributed by atoms with Crippen molar-refractivity contribution >= 4 is 22.8 Å². The summed E-state index contributed by atoms with van der Waals surface area (Å²) in [4.78, 5) is 22.9. The molecule has 5 heteroatoms. The third-order valence-corrected chi connectivity index (χ3v) is 5.22. The minimum absolute atomic E-state index is 0.110. The lowest BCUT2D eigenvalue weighted by Crippen LogP contribution is -2.36. The summed E-state index contributed by atoms with van der Waals surface area (Å²) < 4.78 is 0. The molecule has 0 bridgehead atoms. The van der Waals surface area contributed by atoms with Crippen LogP contribution in [0.1, 0.15) is 22.5 Å². The van der Waals surface area contributed by atoms with Crippen molar-refractivity contribution in [2.75, 3.05) is 11.9 Å². The number of aromatic amines is 1. The molecule has 1 heterocycles. The number of nitrogens with one attached hydrogen (secondary N) is 2. The molecule has 0 atom stereocenters. The molecule has 0 aliphatic rings. The number of hydrogen-bond donors (Lipinski definition) is 2. The van der Waals surface area contributed by atoms with Gasteiger partial charge in [-0.2, -0.15) is 0 Å². The van der Waals surface area contributed by atoms with Crippen LogP contribution in [0.5, 0.6) is 0 Å². The Kier molecular flexibility index (Phi) is 5.80. The molecule has 2 N–H and O–H groups in total. The number of anilines is 1. The van der Waals surface area contributed by atoms with E-state index in [4.69, 9.17) is 0 Å². The van der Waals surface area contributed by atoms with Gasteiger partial charge in [0.2, 0.25) is 0 Å². The van der Waals surface area contributed by atoms with E-state index >= 15 is 0 Å². The van der Waals surface area contributed by atoms with Gasteiger partial charge in [0, 0.05) is 25.2 Å². The molecule has 2 amide bonds. The first-order valence-corrected chi connectivity index (χ1v) is 10.2. The monoisotopic (exact) mass is 398 g/mol. The number of urea groups is 1. The van der Waals surface area contributed by atoms with Gasteiger partial charge < -0.3 is 15.2 Å². The van der Waals surface area contributed by atoms with Gasteiger partial charge in [0.1, 0.15) is 5.82 Å². The van der Waals surface area contributed by atoms with Crippen molar-refractivity contribution in [3.8, 4) is 0 Å². The SMILES string of the molecule is Cc1ccc(CN(CCc2nc3ccccc3[nH]2)C(=O)Nc2ccccc2C)cc1. The molecule has 1 aromatic heterocycles. The lowest BCUT2D eigenvalue weighted by atomic mass is 10.1. The maximum atomic E-state index is 13.1. The van der Waals surface area contributed by atoms with Crippen LogP contribution in [0.4, 0.5) is 10.5 Å². The summed E-state index contributed by atoms with van der Waals surface area (Å²) in [7, 11) is 0. The Morgan fingerprint density at radius 1 is 0.967 bits per heavy atom. The third kappa shape index (κ3) is 4.69. The molecule has 5 nitrogen and oxygen atoms in total. The van der Waals surface area contributed by atoms with Crippen LogP contribution < -0.4 is 5.32 Å². The number of imidazole rings is 1. The summed E-state index contributed by atoms with van der Waals surface area (Å²) in [5.41, 5.74) is 6.14. The lowest BCUT2D eigenvalue weighted by Gasteiger charge is -2.23. The van der Waals surface area contributed by atoms with Gasteiger partial charge in [-0.05, 0) is 43.2 Å².